The van der Waals surface area contributed by atoms with Crippen LogP contribution in [0.3, 0.4) is 0 Å². The molecule has 131 heavy (non-hydrogen) atoms. The molecule has 0 bridgehead atoms. The van der Waals surface area contributed by atoms with Gasteiger partial charge in [-0.2, -0.15) is 63.7 Å². The number of rotatable bonds is 66. The number of Topliss-reactive ketones (excluding diaryl/α,β-unsaturated/α-hetero) is 4. The summed E-state index contributed by atoms with van der Waals surface area (Å²) < 4.78 is 149. The van der Waals surface area contributed by atoms with Crippen molar-refractivity contribution in [1.29, 1.82) is 0 Å². The third-order valence-corrected chi connectivity index (χ3v) is 29.3. The molecule has 8 heterocycles. The van der Waals surface area contributed by atoms with Crippen LogP contribution in [0.5, 0.6) is 17.2 Å². The molecule has 7 fully saturated rings. The largest absolute Gasteiger partial charge is 0.489 e. The Morgan fingerprint density at radius 1 is 0.420 bits per heavy atom. The minimum atomic E-state index is -4.39. The monoisotopic (exact) mass is 1940 g/mol. The highest BCUT2D eigenvalue weighted by Gasteiger charge is 2.44. The second-order valence-electron chi connectivity index (χ2n) is 34.3. The summed E-state index contributed by atoms with van der Waals surface area (Å²) in [5, 5.41) is 18.9. The van der Waals surface area contributed by atoms with E-state index in [-0.39, 0.29) is 146 Å². The number of ether oxygens (including phenoxy) is 9. The molecular formula is C87H135N13O26S5. The van der Waals surface area contributed by atoms with Gasteiger partial charge in [0.05, 0.1) is 114 Å². The quantitative estimate of drug-likeness (QED) is 0.0112. The Hall–Kier alpha value is -7.44. The normalized spacial score (nSPS) is 19.7. The third kappa shape index (κ3) is 38.7. The Balaban J connectivity index is 0.670. The van der Waals surface area contributed by atoms with Crippen molar-refractivity contribution in [3.8, 4) is 17.2 Å². The zero-order valence-corrected chi connectivity index (χ0v) is 79.1. The van der Waals surface area contributed by atoms with Crippen molar-refractivity contribution in [2.24, 2.45) is 11.7 Å². The van der Waals surface area contributed by atoms with Gasteiger partial charge in [0.25, 0.3) is 36.3 Å². The van der Waals surface area contributed by atoms with Crippen molar-refractivity contribution in [1.82, 2.24) is 41.5 Å². The van der Waals surface area contributed by atoms with Gasteiger partial charge in [-0.3, -0.25) is 42.4 Å². The summed E-state index contributed by atoms with van der Waals surface area (Å²) in [4.78, 5) is 126. The standard InChI is InChI=1S/C87H135N13O26S5/c88-65-26-32-99(33-27-65)84-95-83(96-85(97-84)100-34-28-66(29-35-100)89-82(106)64-57-74(124-40-13-51-129(109,110)111)80(126-42-15-53-131(115,116)117)75(58-64)125-41-14-52-130(112,113)114)98-30-24-61(25-31-98)81(105)90-67-55-62(72(103)20-7-11-38-120-45-49-122-47-43-118-36-9-5-18-68(101)16-1-3-22-76-78-70(59-127-76)91-86(107)93-78)54-63(56-67)73(104)21-8-12-39-121-46-50-123-48-44-119-37-10-6-19-69(102)17-2-4-23-77-79-71(60-128-77)92-87(108)94-79/h54-58,61,65-66,70-71,76-79H,1-53,59-60,88H2,(H,89,106)(H,90,105)(H2,91,93,107)(H2,92,94,108)(H,109,110,111)(H,112,113,114)(H,115,116,117). The first kappa shape index (κ1) is 106. The molecule has 0 saturated carbocycles. The van der Waals surface area contributed by atoms with Crippen molar-refractivity contribution in [3.63, 3.8) is 0 Å². The van der Waals surface area contributed by atoms with E-state index in [9.17, 15) is 77.3 Å². The van der Waals surface area contributed by atoms with Crippen LogP contribution in [0.1, 0.15) is 217 Å². The number of anilines is 4. The molecule has 0 aliphatic carbocycles. The number of nitrogens with two attached hydrogens (primary N) is 1. The Bertz CT molecular complexity index is 4330. The van der Waals surface area contributed by atoms with Crippen LogP contribution in [0.4, 0.5) is 33.1 Å². The summed E-state index contributed by atoms with van der Waals surface area (Å²) in [6, 6.07) is 7.67. The van der Waals surface area contributed by atoms with Gasteiger partial charge in [-0.1, -0.05) is 12.8 Å². The number of urea groups is 2. The number of nitrogens with one attached hydrogen (secondary N) is 6. The molecule has 10 rings (SSSR count). The highest BCUT2D eigenvalue weighted by molar-refractivity contribution is 8.00. The summed E-state index contributed by atoms with van der Waals surface area (Å²) in [5.41, 5.74) is 7.25. The average Bonchev–Trinajstić information content (AvgIpc) is 1.55. The van der Waals surface area contributed by atoms with Crippen LogP contribution in [0.25, 0.3) is 0 Å². The SMILES string of the molecule is NC1CCN(c2nc(N3CCC(NC(=O)c4cc(OCCCS(=O)(=O)O)c(OCCCS(=O)(=O)O)c(OCCCS(=O)(=O)O)c4)CC3)nc(N3CCC(C(=O)Nc4cc(C(=O)CCCCOCCOCCOCCCCC(=O)CCCCC5SCC6NC(=O)NC65)cc(C(=O)CCCCOCCOCCOCCCCC(=O)CCCCC5SCC6NC(=O)NC65)c4)CC3)n2)CC1. The smallest absolute Gasteiger partial charge is 0.315 e. The summed E-state index contributed by atoms with van der Waals surface area (Å²) in [7, 11) is -13.2. The van der Waals surface area contributed by atoms with Gasteiger partial charge >= 0.3 is 12.1 Å². The molecule has 7 aliphatic rings. The molecular weight excluding hydrogens is 1800 g/mol. The van der Waals surface area contributed by atoms with Gasteiger partial charge < -0.3 is 95.0 Å². The summed E-state index contributed by atoms with van der Waals surface area (Å²) in [5.74, 6) is -0.507. The maximum Gasteiger partial charge on any atom is 0.315 e. The predicted molar refractivity (Wildman–Crippen MR) is 495 cm³/mol. The van der Waals surface area contributed by atoms with Gasteiger partial charge in [-0.15, -0.1) is 0 Å². The second-order valence-corrected chi connectivity index (χ2v) is 41.5. The maximum atomic E-state index is 14.4. The fourth-order valence-corrected chi connectivity index (χ4v) is 21.1. The molecule has 1 aromatic heterocycles. The first-order valence-corrected chi connectivity index (χ1v) is 53.4. The van der Waals surface area contributed by atoms with E-state index < -0.39 is 65.5 Å². The first-order valence-electron chi connectivity index (χ1n) is 46.4. The molecule has 39 nitrogen and oxygen atoms in total. The van der Waals surface area contributed by atoms with E-state index in [1.54, 1.807) is 18.2 Å². The highest BCUT2D eigenvalue weighted by atomic mass is 32.2. The lowest BCUT2D eigenvalue weighted by Gasteiger charge is -2.36. The topological polar surface area (TPSA) is 529 Å². The number of aromatic nitrogens is 3. The summed E-state index contributed by atoms with van der Waals surface area (Å²) >= 11 is 3.78. The van der Waals surface area contributed by atoms with Crippen LogP contribution >= 0.6 is 23.5 Å². The Morgan fingerprint density at radius 3 is 1.18 bits per heavy atom. The fourth-order valence-electron chi connectivity index (χ4n) is 16.6. The van der Waals surface area contributed by atoms with Crippen LogP contribution in [0.2, 0.25) is 0 Å². The van der Waals surface area contributed by atoms with Crippen molar-refractivity contribution in [2.75, 3.05) is 187 Å². The lowest BCUT2D eigenvalue weighted by atomic mass is 9.95. The van der Waals surface area contributed by atoms with Crippen LogP contribution in [-0.2, 0) is 73.2 Å². The van der Waals surface area contributed by atoms with E-state index in [1.807, 2.05) is 33.3 Å². The molecule has 6 amide bonds. The van der Waals surface area contributed by atoms with Crippen molar-refractivity contribution in [2.45, 2.75) is 233 Å². The minimum absolute atomic E-state index is 0.0105. The number of nitrogens with zero attached hydrogens (tertiary/aromatic N) is 6. The molecule has 6 atom stereocenters. The van der Waals surface area contributed by atoms with E-state index in [0.29, 0.717) is 254 Å². The van der Waals surface area contributed by atoms with Crippen LogP contribution in [0, 0.1) is 5.92 Å². The molecule has 6 unspecified atom stereocenters. The lowest BCUT2D eigenvalue weighted by Crippen LogP contribution is -2.46. The molecule has 7 aliphatic heterocycles. The molecule has 44 heteroatoms. The molecule has 734 valence electrons. The first-order chi connectivity index (χ1) is 63.0. The van der Waals surface area contributed by atoms with Gasteiger partial charge in [0.1, 0.15) is 11.6 Å². The number of hydrogen-bond acceptors (Lipinski definition) is 32. The maximum absolute atomic E-state index is 14.4. The Morgan fingerprint density at radius 2 is 0.779 bits per heavy atom. The molecule has 3 aromatic rings. The number of unbranched alkanes of at least 4 members (excludes halogenated alkanes) is 6. The van der Waals surface area contributed by atoms with Gasteiger partial charge in [-0.25, -0.2) is 9.59 Å². The zero-order chi connectivity index (χ0) is 93.4. The number of piperidine rings is 3. The van der Waals surface area contributed by atoms with Crippen LogP contribution in [0.15, 0.2) is 30.3 Å². The van der Waals surface area contributed by atoms with E-state index in [4.69, 9.17) is 63.3 Å². The van der Waals surface area contributed by atoms with Crippen molar-refractivity contribution >= 4 is 124 Å². The second kappa shape index (κ2) is 55.6. The fraction of sp³-hybridized carbons (Fsp3) is 0.736. The number of benzene rings is 2. The Labute approximate surface area is 777 Å². The number of thioether (sulfide) groups is 2. The van der Waals surface area contributed by atoms with Crippen molar-refractivity contribution in [3.05, 3.63) is 47.0 Å². The number of hydrogen-bond donors (Lipinski definition) is 10. The molecule has 11 N–H and O–H groups in total. The van der Waals surface area contributed by atoms with E-state index in [2.05, 4.69) is 36.8 Å². The predicted octanol–water partition coefficient (Wildman–Crippen LogP) is 7.76. The van der Waals surface area contributed by atoms with E-state index in [0.717, 1.165) is 75.7 Å². The number of fused-ring (bicyclic) bond motifs is 2. The number of carbonyl (C=O) groups excluding carboxylic acids is 8. The molecule has 7 saturated heterocycles. The molecule has 0 radical (unpaired) electrons. The summed E-state index contributed by atoms with van der Waals surface area (Å²) in [6.45, 7) is 6.82. The third-order valence-electron chi connectivity index (χ3n) is 23.8. The van der Waals surface area contributed by atoms with Crippen LogP contribution < -0.4 is 66.5 Å². The van der Waals surface area contributed by atoms with Crippen LogP contribution in [-0.4, -0.2) is 315 Å². The number of amides is 6. The van der Waals surface area contributed by atoms with Gasteiger partial charge in [0.2, 0.25) is 29.5 Å². The number of ketones is 4. The highest BCUT2D eigenvalue weighted by Crippen LogP contribution is 2.41. The van der Waals surface area contributed by atoms with Crippen molar-refractivity contribution < 1.29 is 120 Å². The summed E-state index contributed by atoms with van der Waals surface area (Å²) in [6.07, 6.45) is 16.0. The van der Waals surface area contributed by atoms with E-state index >= 15 is 0 Å². The lowest BCUT2D eigenvalue weighted by molar-refractivity contribution is -0.121. The average molecular weight is 1940 g/mol. The van der Waals surface area contributed by atoms with Gasteiger partial charge in [0.15, 0.2) is 23.1 Å². The molecule has 2 aromatic carbocycles. The zero-order valence-electron chi connectivity index (χ0n) is 75.0. The Kier molecular flexibility index (Phi) is 44.8. The van der Waals surface area contributed by atoms with Gasteiger partial charge in [-0.05, 0) is 165 Å². The van der Waals surface area contributed by atoms with Gasteiger partial charge in [0, 0.05) is 167 Å². The van der Waals surface area contributed by atoms with E-state index in [1.165, 1.54) is 12.1 Å². The number of carbonyl (C=O) groups is 8. The minimum Gasteiger partial charge on any atom is -0.489 e. The molecule has 0 spiro atoms.